The second kappa shape index (κ2) is 4.55. The third-order valence-electron chi connectivity index (χ3n) is 2.99. The van der Waals surface area contributed by atoms with E-state index >= 15 is 0 Å². The highest BCUT2D eigenvalue weighted by molar-refractivity contribution is 6.30. The summed E-state index contributed by atoms with van der Waals surface area (Å²) in [4.78, 5) is 4.16. The van der Waals surface area contributed by atoms with Crippen LogP contribution < -0.4 is 5.73 Å². The molecule has 2 N–H and O–H groups in total. The van der Waals surface area contributed by atoms with Gasteiger partial charge in [0.1, 0.15) is 5.82 Å². The Morgan fingerprint density at radius 2 is 1.89 bits per heavy atom. The predicted octanol–water partition coefficient (Wildman–Crippen LogP) is 3.46. The number of fused-ring (bicyclic) bond motifs is 1. The summed E-state index contributed by atoms with van der Waals surface area (Å²) < 4.78 is 15.0. The summed E-state index contributed by atoms with van der Waals surface area (Å²) in [7, 11) is 0. The second-order valence-corrected chi connectivity index (χ2v) is 4.75. The van der Waals surface area contributed by atoms with Crippen molar-refractivity contribution in [1.29, 1.82) is 0 Å². The second-order valence-electron chi connectivity index (χ2n) is 4.32. The molecule has 3 nitrogen and oxygen atoms in total. The van der Waals surface area contributed by atoms with Crippen molar-refractivity contribution in [2.45, 2.75) is 6.54 Å². The van der Waals surface area contributed by atoms with E-state index in [4.69, 9.17) is 17.3 Å². The summed E-state index contributed by atoms with van der Waals surface area (Å²) in [6, 6.07) is 12.0. The van der Waals surface area contributed by atoms with Crippen molar-refractivity contribution in [3.05, 3.63) is 58.9 Å². The number of aromatic nitrogens is 2. The van der Waals surface area contributed by atoms with Gasteiger partial charge in [0.05, 0.1) is 17.6 Å². The monoisotopic (exact) mass is 275 g/mol. The Balaban J connectivity index is 2.05. The molecule has 0 atom stereocenters. The summed E-state index contributed by atoms with van der Waals surface area (Å²) in [5.41, 5.74) is 8.32. The quantitative estimate of drug-likeness (QED) is 0.778. The third-order valence-corrected chi connectivity index (χ3v) is 3.25. The number of anilines is 1. The van der Waals surface area contributed by atoms with Crippen LogP contribution in [0.5, 0.6) is 0 Å². The van der Waals surface area contributed by atoms with E-state index in [9.17, 15) is 4.39 Å². The topological polar surface area (TPSA) is 43.8 Å². The SMILES string of the molecule is Nc1nc2cc(F)ccc2n1Cc1ccc(Cl)cc1. The zero-order chi connectivity index (χ0) is 13.4. The van der Waals surface area contributed by atoms with Crippen molar-refractivity contribution < 1.29 is 4.39 Å². The first-order chi connectivity index (χ1) is 9.13. The molecule has 3 aromatic rings. The van der Waals surface area contributed by atoms with Crippen molar-refractivity contribution in [2.24, 2.45) is 0 Å². The number of halogens is 2. The van der Waals surface area contributed by atoms with Gasteiger partial charge in [-0.3, -0.25) is 0 Å². The van der Waals surface area contributed by atoms with Gasteiger partial charge in [-0.15, -0.1) is 0 Å². The molecule has 0 saturated carbocycles. The first kappa shape index (κ1) is 12.0. The van der Waals surface area contributed by atoms with Gasteiger partial charge in [-0.2, -0.15) is 0 Å². The maximum absolute atomic E-state index is 13.1. The molecule has 19 heavy (non-hydrogen) atoms. The minimum Gasteiger partial charge on any atom is -0.369 e. The number of imidazole rings is 1. The van der Waals surface area contributed by atoms with Gasteiger partial charge in [-0.25, -0.2) is 9.37 Å². The highest BCUT2D eigenvalue weighted by Gasteiger charge is 2.09. The average molecular weight is 276 g/mol. The average Bonchev–Trinajstić information content (AvgIpc) is 2.68. The molecule has 0 amide bonds. The van der Waals surface area contributed by atoms with E-state index in [1.54, 1.807) is 6.07 Å². The molecule has 0 spiro atoms. The molecule has 3 rings (SSSR count). The number of nitrogen functional groups attached to an aromatic ring is 1. The van der Waals surface area contributed by atoms with Gasteiger partial charge in [-0.1, -0.05) is 23.7 Å². The standard InChI is InChI=1S/C14H11ClFN3/c15-10-3-1-9(2-4-10)8-19-13-6-5-11(16)7-12(13)18-14(19)17/h1-7H,8H2,(H2,17,18). The van der Waals surface area contributed by atoms with Crippen molar-refractivity contribution in [3.8, 4) is 0 Å². The van der Waals surface area contributed by atoms with Gasteiger partial charge in [0.15, 0.2) is 0 Å². The fourth-order valence-electron chi connectivity index (χ4n) is 2.06. The molecule has 0 bridgehead atoms. The molecular weight excluding hydrogens is 265 g/mol. The predicted molar refractivity (Wildman–Crippen MR) is 74.7 cm³/mol. The van der Waals surface area contributed by atoms with Crippen LogP contribution in [0.3, 0.4) is 0 Å². The van der Waals surface area contributed by atoms with Gasteiger partial charge in [0.25, 0.3) is 0 Å². The summed E-state index contributed by atoms with van der Waals surface area (Å²) in [6.07, 6.45) is 0. The van der Waals surface area contributed by atoms with Gasteiger partial charge in [0.2, 0.25) is 5.95 Å². The molecule has 96 valence electrons. The Kier molecular flexibility index (Phi) is 2.87. The molecule has 0 unspecified atom stereocenters. The van der Waals surface area contributed by atoms with Crippen LogP contribution in [0.15, 0.2) is 42.5 Å². The van der Waals surface area contributed by atoms with E-state index in [2.05, 4.69) is 4.98 Å². The smallest absolute Gasteiger partial charge is 0.201 e. The number of hydrogen-bond donors (Lipinski definition) is 1. The fraction of sp³-hybridized carbons (Fsp3) is 0.0714. The van der Waals surface area contributed by atoms with E-state index < -0.39 is 0 Å². The van der Waals surface area contributed by atoms with Gasteiger partial charge in [-0.05, 0) is 29.8 Å². The Morgan fingerprint density at radius 1 is 1.16 bits per heavy atom. The van der Waals surface area contributed by atoms with Crippen molar-refractivity contribution >= 4 is 28.6 Å². The Hall–Kier alpha value is -2.07. The zero-order valence-corrected chi connectivity index (χ0v) is 10.7. The zero-order valence-electron chi connectivity index (χ0n) is 9.98. The molecule has 1 aromatic heterocycles. The van der Waals surface area contributed by atoms with Gasteiger partial charge in [0, 0.05) is 11.1 Å². The molecular formula is C14H11ClFN3. The summed E-state index contributed by atoms with van der Waals surface area (Å²) in [6.45, 7) is 0.575. The minimum atomic E-state index is -0.316. The minimum absolute atomic E-state index is 0.316. The number of hydrogen-bond acceptors (Lipinski definition) is 2. The van der Waals surface area contributed by atoms with Crippen molar-refractivity contribution in [2.75, 3.05) is 5.73 Å². The van der Waals surface area contributed by atoms with Crippen LogP contribution in [-0.2, 0) is 6.54 Å². The van der Waals surface area contributed by atoms with Crippen LogP contribution in [0.4, 0.5) is 10.3 Å². The molecule has 2 aromatic carbocycles. The molecule has 5 heteroatoms. The fourth-order valence-corrected chi connectivity index (χ4v) is 2.19. The van der Waals surface area contributed by atoms with E-state index in [0.29, 0.717) is 23.0 Å². The lowest BCUT2D eigenvalue weighted by Crippen LogP contribution is -2.04. The maximum atomic E-state index is 13.1. The molecule has 0 radical (unpaired) electrons. The lowest BCUT2D eigenvalue weighted by molar-refractivity contribution is 0.629. The van der Waals surface area contributed by atoms with E-state index in [1.807, 2.05) is 28.8 Å². The summed E-state index contributed by atoms with van der Waals surface area (Å²) in [5, 5.41) is 0.689. The summed E-state index contributed by atoms with van der Waals surface area (Å²) >= 11 is 5.85. The Morgan fingerprint density at radius 3 is 2.63 bits per heavy atom. The molecule has 0 aliphatic carbocycles. The largest absolute Gasteiger partial charge is 0.369 e. The van der Waals surface area contributed by atoms with Crippen LogP contribution in [0.1, 0.15) is 5.56 Å². The van der Waals surface area contributed by atoms with E-state index in [-0.39, 0.29) is 5.82 Å². The number of benzene rings is 2. The maximum Gasteiger partial charge on any atom is 0.201 e. The number of rotatable bonds is 2. The number of nitrogens with zero attached hydrogens (tertiary/aromatic N) is 2. The lowest BCUT2D eigenvalue weighted by Gasteiger charge is -2.06. The van der Waals surface area contributed by atoms with Crippen molar-refractivity contribution in [1.82, 2.24) is 9.55 Å². The Bertz CT molecular complexity index is 734. The number of nitrogens with two attached hydrogens (primary N) is 1. The van der Waals surface area contributed by atoms with Crippen LogP contribution in [0, 0.1) is 5.82 Å². The van der Waals surface area contributed by atoms with Crippen LogP contribution in [0.2, 0.25) is 5.02 Å². The normalized spacial score (nSPS) is 11.1. The van der Waals surface area contributed by atoms with E-state index in [0.717, 1.165) is 11.1 Å². The molecule has 1 heterocycles. The van der Waals surface area contributed by atoms with Crippen LogP contribution in [0.25, 0.3) is 11.0 Å². The molecule has 0 aliphatic heterocycles. The molecule has 0 saturated heterocycles. The Labute approximate surface area is 114 Å². The van der Waals surface area contributed by atoms with Crippen LogP contribution >= 0.6 is 11.6 Å². The molecule has 0 fully saturated rings. The summed E-state index contributed by atoms with van der Waals surface area (Å²) in [5.74, 6) is 0.0548. The first-order valence-corrected chi connectivity index (χ1v) is 6.17. The van der Waals surface area contributed by atoms with Gasteiger partial charge < -0.3 is 10.3 Å². The first-order valence-electron chi connectivity index (χ1n) is 5.79. The third kappa shape index (κ3) is 2.27. The van der Waals surface area contributed by atoms with E-state index in [1.165, 1.54) is 12.1 Å². The van der Waals surface area contributed by atoms with Gasteiger partial charge >= 0.3 is 0 Å². The highest BCUT2D eigenvalue weighted by atomic mass is 35.5. The van der Waals surface area contributed by atoms with Crippen molar-refractivity contribution in [3.63, 3.8) is 0 Å². The van der Waals surface area contributed by atoms with Crippen LogP contribution in [-0.4, -0.2) is 9.55 Å². The highest BCUT2D eigenvalue weighted by Crippen LogP contribution is 2.21. The molecule has 0 aliphatic rings. The lowest BCUT2D eigenvalue weighted by atomic mass is 10.2.